The summed E-state index contributed by atoms with van der Waals surface area (Å²) in [6.07, 6.45) is 0.324. The predicted molar refractivity (Wildman–Crippen MR) is 102 cm³/mol. The number of anilines is 1. The van der Waals surface area contributed by atoms with E-state index in [4.69, 9.17) is 28.9 Å². The average Bonchev–Trinajstić information content (AvgIpc) is 2.58. The minimum absolute atomic E-state index is 0. The van der Waals surface area contributed by atoms with E-state index in [1.807, 2.05) is 0 Å². The maximum absolute atomic E-state index is 12.3. The molecule has 0 aromatic heterocycles. The zero-order chi connectivity index (χ0) is 17.7. The van der Waals surface area contributed by atoms with Gasteiger partial charge in [0.2, 0.25) is 0 Å². The summed E-state index contributed by atoms with van der Waals surface area (Å²) in [5.41, 5.74) is 7.32. The Morgan fingerprint density at radius 1 is 1.12 bits per heavy atom. The third-order valence-corrected chi connectivity index (χ3v) is 4.01. The highest BCUT2D eigenvalue weighted by Gasteiger charge is 2.15. The van der Waals surface area contributed by atoms with Crippen LogP contribution in [0, 0.1) is 0 Å². The van der Waals surface area contributed by atoms with E-state index >= 15 is 0 Å². The number of hydrogen-bond donors (Lipinski definition) is 2. The van der Waals surface area contributed by atoms with Crippen LogP contribution in [-0.4, -0.2) is 25.0 Å². The SMILES string of the molecule is COC(=O)C(N)Cc1ccc(C(=O)Nc2c(Cl)cccc2Cl)cc1.Cl. The molecule has 0 radical (unpaired) electrons. The lowest BCUT2D eigenvalue weighted by Gasteiger charge is -2.11. The molecule has 0 bridgehead atoms. The maximum atomic E-state index is 12.3. The van der Waals surface area contributed by atoms with E-state index in [0.717, 1.165) is 5.56 Å². The number of nitrogens with one attached hydrogen (secondary N) is 1. The summed E-state index contributed by atoms with van der Waals surface area (Å²) in [6.45, 7) is 0. The van der Waals surface area contributed by atoms with E-state index < -0.39 is 12.0 Å². The van der Waals surface area contributed by atoms with E-state index in [2.05, 4.69) is 10.1 Å². The number of ether oxygens (including phenoxy) is 1. The summed E-state index contributed by atoms with van der Waals surface area (Å²) < 4.78 is 4.58. The topological polar surface area (TPSA) is 81.4 Å². The highest BCUT2D eigenvalue weighted by atomic mass is 35.5. The summed E-state index contributed by atoms with van der Waals surface area (Å²) in [4.78, 5) is 23.6. The largest absolute Gasteiger partial charge is 0.468 e. The van der Waals surface area contributed by atoms with Gasteiger partial charge in [-0.3, -0.25) is 9.59 Å². The molecular formula is C17H17Cl3N2O3. The summed E-state index contributed by atoms with van der Waals surface area (Å²) in [7, 11) is 1.29. The highest BCUT2D eigenvalue weighted by molar-refractivity contribution is 6.40. The van der Waals surface area contributed by atoms with E-state index in [1.54, 1.807) is 42.5 Å². The van der Waals surface area contributed by atoms with Gasteiger partial charge >= 0.3 is 5.97 Å². The van der Waals surface area contributed by atoms with Crippen molar-refractivity contribution in [2.45, 2.75) is 12.5 Å². The van der Waals surface area contributed by atoms with E-state index in [0.29, 0.717) is 27.7 Å². The quantitative estimate of drug-likeness (QED) is 0.746. The third-order valence-electron chi connectivity index (χ3n) is 3.38. The molecule has 5 nitrogen and oxygen atoms in total. The first-order chi connectivity index (χ1) is 11.4. The lowest BCUT2D eigenvalue weighted by molar-refractivity contribution is -0.142. The number of methoxy groups -OCH3 is 1. The number of amides is 1. The third kappa shape index (κ3) is 5.61. The Labute approximate surface area is 161 Å². The van der Waals surface area contributed by atoms with E-state index in [-0.39, 0.29) is 18.3 Å². The molecule has 1 unspecified atom stereocenters. The van der Waals surface area contributed by atoms with Gasteiger partial charge in [0.15, 0.2) is 0 Å². The molecule has 0 aliphatic rings. The number of nitrogens with two attached hydrogens (primary N) is 1. The molecule has 0 aliphatic heterocycles. The van der Waals surface area contributed by atoms with Gasteiger partial charge in [-0.05, 0) is 36.2 Å². The van der Waals surface area contributed by atoms with E-state index in [1.165, 1.54) is 7.11 Å². The predicted octanol–water partition coefficient (Wildman–Crippen LogP) is 3.71. The molecule has 0 saturated carbocycles. The van der Waals surface area contributed by atoms with Crippen molar-refractivity contribution in [3.05, 3.63) is 63.6 Å². The van der Waals surface area contributed by atoms with Crippen LogP contribution in [0.5, 0.6) is 0 Å². The molecule has 0 saturated heterocycles. The standard InChI is InChI=1S/C17H16Cl2N2O3.ClH/c1-24-17(23)14(20)9-10-5-7-11(8-6-10)16(22)21-15-12(18)3-2-4-13(15)19;/h2-8,14H,9,20H2,1H3,(H,21,22);1H. The lowest BCUT2D eigenvalue weighted by Crippen LogP contribution is -2.33. The first-order valence-corrected chi connectivity index (χ1v) is 7.85. The molecule has 0 spiro atoms. The Morgan fingerprint density at radius 3 is 2.20 bits per heavy atom. The minimum atomic E-state index is -0.739. The Balaban J connectivity index is 0.00000312. The first-order valence-electron chi connectivity index (χ1n) is 7.10. The molecule has 0 fully saturated rings. The molecule has 2 rings (SSSR count). The number of halogens is 3. The molecule has 2 aromatic carbocycles. The van der Waals surface area contributed by atoms with Gasteiger partial charge < -0.3 is 15.8 Å². The van der Waals surface area contributed by atoms with Crippen LogP contribution >= 0.6 is 35.6 Å². The van der Waals surface area contributed by atoms with Crippen LogP contribution in [0.25, 0.3) is 0 Å². The summed E-state index contributed by atoms with van der Waals surface area (Å²) in [5, 5.41) is 3.40. The number of esters is 1. The molecular weight excluding hydrogens is 387 g/mol. The summed E-state index contributed by atoms with van der Waals surface area (Å²) in [5.74, 6) is -0.820. The van der Waals surface area contributed by atoms with Gasteiger partial charge in [-0.25, -0.2) is 0 Å². The fraction of sp³-hybridized carbons (Fsp3) is 0.176. The number of carbonyl (C=O) groups excluding carboxylic acids is 2. The number of rotatable bonds is 5. The van der Waals surface area contributed by atoms with Crippen LogP contribution in [-0.2, 0) is 16.0 Å². The first kappa shape index (κ1) is 21.3. The smallest absolute Gasteiger partial charge is 0.322 e. The van der Waals surface area contributed by atoms with Crippen molar-refractivity contribution in [1.29, 1.82) is 0 Å². The minimum Gasteiger partial charge on any atom is -0.468 e. The van der Waals surface area contributed by atoms with Crippen LogP contribution in [0.4, 0.5) is 5.69 Å². The van der Waals surface area contributed by atoms with Crippen LogP contribution in [0.3, 0.4) is 0 Å². The van der Waals surface area contributed by atoms with Crippen molar-refractivity contribution in [1.82, 2.24) is 0 Å². The second kappa shape index (κ2) is 9.63. The van der Waals surface area contributed by atoms with Crippen molar-refractivity contribution >= 4 is 53.2 Å². The van der Waals surface area contributed by atoms with Crippen LogP contribution in [0.2, 0.25) is 10.0 Å². The molecule has 25 heavy (non-hydrogen) atoms. The van der Waals surface area contributed by atoms with Crippen LogP contribution in [0.1, 0.15) is 15.9 Å². The van der Waals surface area contributed by atoms with Gasteiger partial charge in [-0.1, -0.05) is 41.4 Å². The summed E-state index contributed by atoms with van der Waals surface area (Å²) >= 11 is 12.1. The molecule has 134 valence electrons. The second-order valence-electron chi connectivity index (χ2n) is 5.08. The Morgan fingerprint density at radius 2 is 1.68 bits per heavy atom. The summed E-state index contributed by atoms with van der Waals surface area (Å²) in [6, 6.07) is 11.0. The molecule has 2 aromatic rings. The monoisotopic (exact) mass is 402 g/mol. The van der Waals surface area contributed by atoms with Gasteiger partial charge in [-0.15, -0.1) is 12.4 Å². The molecule has 1 amide bonds. The van der Waals surface area contributed by atoms with Crippen LogP contribution in [0.15, 0.2) is 42.5 Å². The normalized spacial score (nSPS) is 11.2. The van der Waals surface area contributed by atoms with Gasteiger partial charge in [0, 0.05) is 5.56 Å². The highest BCUT2D eigenvalue weighted by Crippen LogP contribution is 2.30. The number of hydrogen-bond acceptors (Lipinski definition) is 4. The average molecular weight is 404 g/mol. The molecule has 0 aliphatic carbocycles. The Hall–Kier alpha value is -1.79. The Bertz CT molecular complexity index is 731. The van der Waals surface area contributed by atoms with E-state index in [9.17, 15) is 9.59 Å². The zero-order valence-electron chi connectivity index (χ0n) is 13.3. The molecule has 0 heterocycles. The van der Waals surface area contributed by atoms with Crippen molar-refractivity contribution in [3.8, 4) is 0 Å². The van der Waals surface area contributed by atoms with Crippen LogP contribution < -0.4 is 11.1 Å². The van der Waals surface area contributed by atoms with Crippen molar-refractivity contribution in [2.75, 3.05) is 12.4 Å². The fourth-order valence-electron chi connectivity index (χ4n) is 2.08. The molecule has 8 heteroatoms. The zero-order valence-corrected chi connectivity index (χ0v) is 15.6. The van der Waals surface area contributed by atoms with Crippen molar-refractivity contribution in [2.24, 2.45) is 5.73 Å². The number of para-hydroxylation sites is 1. The number of benzene rings is 2. The second-order valence-corrected chi connectivity index (χ2v) is 5.90. The Kier molecular flexibility index (Phi) is 8.19. The lowest BCUT2D eigenvalue weighted by atomic mass is 10.0. The van der Waals surface area contributed by atoms with Gasteiger partial charge in [-0.2, -0.15) is 0 Å². The fourth-order valence-corrected chi connectivity index (χ4v) is 2.58. The van der Waals surface area contributed by atoms with Gasteiger partial charge in [0.05, 0.1) is 22.8 Å². The number of carbonyl (C=O) groups is 2. The molecule has 3 N–H and O–H groups in total. The molecule has 1 atom stereocenters. The maximum Gasteiger partial charge on any atom is 0.322 e. The van der Waals surface area contributed by atoms with Gasteiger partial charge in [0.25, 0.3) is 5.91 Å². The van der Waals surface area contributed by atoms with Crippen molar-refractivity contribution in [3.63, 3.8) is 0 Å². The van der Waals surface area contributed by atoms with Crippen molar-refractivity contribution < 1.29 is 14.3 Å². The van der Waals surface area contributed by atoms with Gasteiger partial charge in [0.1, 0.15) is 6.04 Å².